The number of hydrogen-bond acceptors (Lipinski definition) is 4. The molecular weight excluding hydrogens is 376 g/mol. The largest absolute Gasteiger partial charge is 0.496 e. The molecule has 1 amide bonds. The van der Waals surface area contributed by atoms with Gasteiger partial charge in [-0.3, -0.25) is 14.9 Å². The Kier molecular flexibility index (Phi) is 5.70. The van der Waals surface area contributed by atoms with Gasteiger partial charge in [-0.1, -0.05) is 12.1 Å². The number of carbonyl (C=O) groups is 1. The smallest absolute Gasteiger partial charge is 0.293 e. The molecule has 0 saturated heterocycles. The fourth-order valence-electron chi connectivity index (χ4n) is 2.03. The summed E-state index contributed by atoms with van der Waals surface area (Å²) in [5, 5.41) is 13.6. The van der Waals surface area contributed by atoms with Gasteiger partial charge in [0.25, 0.3) is 5.69 Å². The number of rotatable bonds is 5. The highest BCUT2D eigenvalue weighted by molar-refractivity contribution is 9.10. The van der Waals surface area contributed by atoms with E-state index in [0.29, 0.717) is 5.75 Å². The number of anilines is 1. The summed E-state index contributed by atoms with van der Waals surface area (Å²) in [5.41, 5.74) is 1.56. The zero-order chi connectivity index (χ0) is 17.7. The monoisotopic (exact) mass is 390 g/mol. The van der Waals surface area contributed by atoms with Crippen LogP contribution in [0.1, 0.15) is 11.1 Å². The van der Waals surface area contributed by atoms with Crippen LogP contribution in [0.25, 0.3) is 6.08 Å². The molecule has 0 bridgehead atoms. The lowest BCUT2D eigenvalue weighted by atomic mass is 10.2. The molecule has 124 valence electrons. The van der Waals surface area contributed by atoms with Crippen LogP contribution < -0.4 is 10.1 Å². The molecule has 0 spiro atoms. The molecule has 0 aliphatic carbocycles. The van der Waals surface area contributed by atoms with Gasteiger partial charge in [0.05, 0.1) is 16.5 Å². The molecule has 24 heavy (non-hydrogen) atoms. The number of hydrogen-bond donors (Lipinski definition) is 1. The molecule has 0 saturated carbocycles. The third-order valence-electron chi connectivity index (χ3n) is 3.21. The van der Waals surface area contributed by atoms with Crippen molar-refractivity contribution in [2.24, 2.45) is 0 Å². The Balaban J connectivity index is 2.14. The number of ether oxygens (including phenoxy) is 1. The van der Waals surface area contributed by atoms with Crippen molar-refractivity contribution in [1.29, 1.82) is 0 Å². The fraction of sp³-hybridized carbons (Fsp3) is 0.118. The van der Waals surface area contributed by atoms with E-state index in [0.717, 1.165) is 15.6 Å². The van der Waals surface area contributed by atoms with Gasteiger partial charge in [-0.2, -0.15) is 0 Å². The first kappa shape index (κ1) is 17.7. The molecule has 0 aliphatic rings. The van der Waals surface area contributed by atoms with Crippen molar-refractivity contribution >= 4 is 39.3 Å². The van der Waals surface area contributed by atoms with E-state index in [1.54, 1.807) is 44.4 Å². The van der Waals surface area contributed by atoms with Crippen molar-refractivity contribution in [1.82, 2.24) is 0 Å². The van der Waals surface area contributed by atoms with Crippen LogP contribution in [-0.4, -0.2) is 17.9 Å². The molecule has 0 fully saturated rings. The van der Waals surface area contributed by atoms with Crippen LogP contribution in [0.5, 0.6) is 5.75 Å². The number of aryl methyl sites for hydroxylation is 1. The van der Waals surface area contributed by atoms with Crippen LogP contribution in [-0.2, 0) is 4.79 Å². The van der Waals surface area contributed by atoms with Crippen molar-refractivity contribution in [3.8, 4) is 5.75 Å². The van der Waals surface area contributed by atoms with E-state index in [9.17, 15) is 14.9 Å². The average Bonchev–Trinajstić information content (AvgIpc) is 2.54. The second kappa shape index (κ2) is 7.74. The van der Waals surface area contributed by atoms with Gasteiger partial charge in [0.2, 0.25) is 5.91 Å². The van der Waals surface area contributed by atoms with Crippen LogP contribution >= 0.6 is 15.9 Å². The first-order valence-corrected chi connectivity index (χ1v) is 7.77. The number of amides is 1. The summed E-state index contributed by atoms with van der Waals surface area (Å²) < 4.78 is 5.90. The number of nitrogens with one attached hydrogen (secondary N) is 1. The van der Waals surface area contributed by atoms with Gasteiger partial charge in [-0.25, -0.2) is 0 Å². The van der Waals surface area contributed by atoms with E-state index in [2.05, 4.69) is 21.2 Å². The summed E-state index contributed by atoms with van der Waals surface area (Å²) in [6.07, 6.45) is 2.93. The topological polar surface area (TPSA) is 81.5 Å². The summed E-state index contributed by atoms with van der Waals surface area (Å²) in [4.78, 5) is 22.5. The maximum Gasteiger partial charge on any atom is 0.293 e. The second-order valence-electron chi connectivity index (χ2n) is 4.99. The highest BCUT2D eigenvalue weighted by atomic mass is 79.9. The molecule has 2 rings (SSSR count). The van der Waals surface area contributed by atoms with E-state index in [4.69, 9.17) is 4.74 Å². The first-order valence-electron chi connectivity index (χ1n) is 6.98. The molecule has 0 aliphatic heterocycles. The highest BCUT2D eigenvalue weighted by Gasteiger charge is 2.14. The number of methoxy groups -OCH3 is 1. The lowest BCUT2D eigenvalue weighted by molar-refractivity contribution is -0.384. The quantitative estimate of drug-likeness (QED) is 0.468. The zero-order valence-electron chi connectivity index (χ0n) is 13.1. The van der Waals surface area contributed by atoms with Gasteiger partial charge in [0, 0.05) is 12.1 Å². The Morgan fingerprint density at radius 2 is 2.04 bits per heavy atom. The summed E-state index contributed by atoms with van der Waals surface area (Å²) in [5.74, 6) is 0.237. The lowest BCUT2D eigenvalue weighted by Crippen LogP contribution is -2.09. The first-order chi connectivity index (χ1) is 11.4. The summed E-state index contributed by atoms with van der Waals surface area (Å²) >= 11 is 3.37. The van der Waals surface area contributed by atoms with Gasteiger partial charge in [0.15, 0.2) is 0 Å². The van der Waals surface area contributed by atoms with Crippen LogP contribution in [0.15, 0.2) is 46.9 Å². The maximum atomic E-state index is 12.0. The van der Waals surface area contributed by atoms with Crippen molar-refractivity contribution in [2.45, 2.75) is 6.92 Å². The van der Waals surface area contributed by atoms with Crippen molar-refractivity contribution in [3.05, 3.63) is 68.2 Å². The van der Waals surface area contributed by atoms with Crippen LogP contribution in [0, 0.1) is 17.0 Å². The zero-order valence-corrected chi connectivity index (χ0v) is 14.7. The molecule has 6 nitrogen and oxygen atoms in total. The molecular formula is C17H15BrN2O4. The van der Waals surface area contributed by atoms with Gasteiger partial charge in [-0.15, -0.1) is 0 Å². The predicted octanol–water partition coefficient (Wildman–Crippen LogP) is 4.33. The average molecular weight is 391 g/mol. The van der Waals surface area contributed by atoms with E-state index >= 15 is 0 Å². The number of halogens is 1. The van der Waals surface area contributed by atoms with E-state index in [1.807, 2.05) is 0 Å². The van der Waals surface area contributed by atoms with Gasteiger partial charge >= 0.3 is 0 Å². The van der Waals surface area contributed by atoms with Crippen LogP contribution in [0.4, 0.5) is 11.4 Å². The Labute approximate surface area is 147 Å². The van der Waals surface area contributed by atoms with Gasteiger partial charge in [0.1, 0.15) is 11.4 Å². The van der Waals surface area contributed by atoms with Gasteiger partial charge < -0.3 is 10.1 Å². The van der Waals surface area contributed by atoms with E-state index < -0.39 is 10.8 Å². The fourth-order valence-corrected chi connectivity index (χ4v) is 2.59. The third-order valence-corrected chi connectivity index (χ3v) is 3.83. The number of nitrogens with zero attached hydrogens (tertiary/aromatic N) is 1. The maximum absolute atomic E-state index is 12.0. The molecule has 0 aromatic heterocycles. The van der Waals surface area contributed by atoms with Gasteiger partial charge in [-0.05, 0) is 58.3 Å². The molecule has 0 heterocycles. The standard InChI is InChI=1S/C17H15BrN2O4/c1-11-3-6-14(15(9-11)20(22)23)19-17(21)8-5-12-4-7-16(24-2)13(18)10-12/h3-10H,1-2H3,(H,19,21)/b8-5+. The number of carbonyl (C=O) groups excluding carboxylic acids is 1. The number of nitro benzene ring substituents is 1. The minimum Gasteiger partial charge on any atom is -0.496 e. The Morgan fingerprint density at radius 3 is 2.67 bits per heavy atom. The lowest BCUT2D eigenvalue weighted by Gasteiger charge is -2.05. The molecule has 2 aromatic rings. The van der Waals surface area contributed by atoms with Crippen LogP contribution in [0.3, 0.4) is 0 Å². The molecule has 0 atom stereocenters. The van der Waals surface area contributed by atoms with Crippen LogP contribution in [0.2, 0.25) is 0 Å². The van der Waals surface area contributed by atoms with E-state index in [-0.39, 0.29) is 11.4 Å². The third kappa shape index (κ3) is 4.42. The minimum atomic E-state index is -0.521. The predicted molar refractivity (Wildman–Crippen MR) is 96.2 cm³/mol. The Morgan fingerprint density at radius 1 is 1.29 bits per heavy atom. The molecule has 0 radical (unpaired) electrons. The molecule has 7 heteroatoms. The minimum absolute atomic E-state index is 0.135. The van der Waals surface area contributed by atoms with Crippen molar-refractivity contribution in [2.75, 3.05) is 12.4 Å². The molecule has 2 aromatic carbocycles. The highest BCUT2D eigenvalue weighted by Crippen LogP contribution is 2.27. The van der Waals surface area contributed by atoms with E-state index in [1.165, 1.54) is 18.2 Å². The molecule has 0 unspecified atom stereocenters. The number of benzene rings is 2. The Hall–Kier alpha value is -2.67. The number of nitro groups is 1. The van der Waals surface area contributed by atoms with Crippen molar-refractivity contribution < 1.29 is 14.5 Å². The Bertz CT molecular complexity index is 818. The summed E-state index contributed by atoms with van der Waals surface area (Å²) in [6, 6.07) is 10.0. The molecule has 1 N–H and O–H groups in total. The summed E-state index contributed by atoms with van der Waals surface area (Å²) in [6.45, 7) is 1.75. The normalized spacial score (nSPS) is 10.6. The second-order valence-corrected chi connectivity index (χ2v) is 5.85. The van der Waals surface area contributed by atoms with Crippen molar-refractivity contribution in [3.63, 3.8) is 0 Å². The SMILES string of the molecule is COc1ccc(/C=C/C(=O)Nc2ccc(C)cc2[N+](=O)[O-])cc1Br. The summed E-state index contributed by atoms with van der Waals surface area (Å²) in [7, 11) is 1.57.